The third-order valence-electron chi connectivity index (χ3n) is 5.19. The first kappa shape index (κ1) is 24.0. The van der Waals surface area contributed by atoms with E-state index in [2.05, 4.69) is 10.3 Å². The first-order valence-electron chi connectivity index (χ1n) is 10.6. The molecule has 1 aliphatic heterocycles. The number of hydrogen-bond donors (Lipinski definition) is 2. The van der Waals surface area contributed by atoms with Crippen molar-refractivity contribution in [3.05, 3.63) is 27.9 Å². The van der Waals surface area contributed by atoms with Gasteiger partial charge >= 0.3 is 11.7 Å². The van der Waals surface area contributed by atoms with Gasteiger partial charge in [-0.15, -0.1) is 0 Å². The molecule has 2 heterocycles. The highest BCUT2D eigenvalue weighted by Crippen LogP contribution is 2.22. The molecule has 0 aliphatic carbocycles. The van der Waals surface area contributed by atoms with Crippen molar-refractivity contribution in [2.24, 2.45) is 5.92 Å². The molecule has 9 heteroatoms. The predicted octanol–water partition coefficient (Wildman–Crippen LogP) is 1.74. The molecule has 8 nitrogen and oxygen atoms in total. The van der Waals surface area contributed by atoms with E-state index in [0.29, 0.717) is 38.2 Å². The van der Waals surface area contributed by atoms with Gasteiger partial charge in [-0.05, 0) is 30.2 Å². The molecule has 1 amide bonds. The van der Waals surface area contributed by atoms with Crippen molar-refractivity contribution in [3.8, 4) is 0 Å². The van der Waals surface area contributed by atoms with Crippen molar-refractivity contribution in [1.82, 2.24) is 19.8 Å². The summed E-state index contributed by atoms with van der Waals surface area (Å²) in [6, 6.07) is -0.766. The fraction of sp³-hybridized carbons (Fsp3) is 0.714. The van der Waals surface area contributed by atoms with Gasteiger partial charge in [-0.25, -0.2) is 9.18 Å². The highest BCUT2D eigenvalue weighted by atomic mass is 19.1. The zero-order valence-electron chi connectivity index (χ0n) is 18.2. The number of carbonyl (C=O) groups is 2. The van der Waals surface area contributed by atoms with Crippen LogP contribution < -0.4 is 11.0 Å². The van der Waals surface area contributed by atoms with E-state index < -0.39 is 23.9 Å². The van der Waals surface area contributed by atoms with Crippen LogP contribution in [-0.2, 0) is 16.0 Å². The van der Waals surface area contributed by atoms with Crippen molar-refractivity contribution >= 4 is 11.9 Å². The van der Waals surface area contributed by atoms with Gasteiger partial charge in [0.2, 0.25) is 5.91 Å². The zero-order chi connectivity index (χ0) is 22.4. The molecule has 1 aromatic heterocycles. The standard InChI is InChI=1S/C21H33FN4O4/c1-13(2)9-17(20(29)23-7-5-18(27)28)26-10-15(6-8-25-11-16(22)12-25)19(14(3)4)24-21(26)30/h10,13-14,16-17H,5-9,11-12H2,1-4H3,(H,23,29)(H,27,28)/t17-/m0/s1. The third kappa shape index (κ3) is 6.62. The lowest BCUT2D eigenvalue weighted by atomic mass is 10.00. The van der Waals surface area contributed by atoms with Gasteiger partial charge in [-0.2, -0.15) is 4.98 Å². The fourth-order valence-corrected chi connectivity index (χ4v) is 3.61. The Kier molecular flexibility index (Phi) is 8.52. The maximum absolute atomic E-state index is 13.1. The predicted molar refractivity (Wildman–Crippen MR) is 111 cm³/mol. The van der Waals surface area contributed by atoms with Crippen molar-refractivity contribution < 1.29 is 19.1 Å². The molecule has 1 saturated heterocycles. The summed E-state index contributed by atoms with van der Waals surface area (Å²) in [5.41, 5.74) is 1.08. The Bertz CT molecular complexity index is 803. The van der Waals surface area contributed by atoms with Crippen LogP contribution in [0.25, 0.3) is 0 Å². The average molecular weight is 425 g/mol. The van der Waals surface area contributed by atoms with Crippen LogP contribution in [0.15, 0.2) is 11.0 Å². The molecule has 1 atom stereocenters. The summed E-state index contributed by atoms with van der Waals surface area (Å²) in [6.07, 6.45) is 1.79. The number of nitrogens with one attached hydrogen (secondary N) is 1. The minimum atomic E-state index is -1.00. The maximum Gasteiger partial charge on any atom is 0.348 e. The third-order valence-corrected chi connectivity index (χ3v) is 5.19. The average Bonchev–Trinajstić information content (AvgIpc) is 2.62. The molecule has 2 N–H and O–H groups in total. The van der Waals surface area contributed by atoms with Crippen molar-refractivity contribution in [3.63, 3.8) is 0 Å². The van der Waals surface area contributed by atoms with Gasteiger partial charge in [0.15, 0.2) is 0 Å². The number of hydrogen-bond acceptors (Lipinski definition) is 5. The molecule has 0 spiro atoms. The topological polar surface area (TPSA) is 105 Å². The van der Waals surface area contributed by atoms with Crippen LogP contribution in [0.4, 0.5) is 4.39 Å². The molecule has 0 aromatic carbocycles. The molecule has 0 saturated carbocycles. The van der Waals surface area contributed by atoms with E-state index in [1.165, 1.54) is 4.57 Å². The summed E-state index contributed by atoms with van der Waals surface area (Å²) in [5, 5.41) is 11.4. The summed E-state index contributed by atoms with van der Waals surface area (Å²) in [4.78, 5) is 42.5. The second-order valence-electron chi connectivity index (χ2n) is 8.68. The van der Waals surface area contributed by atoms with E-state index in [0.717, 1.165) is 5.56 Å². The van der Waals surface area contributed by atoms with Gasteiger partial charge in [0, 0.05) is 32.4 Å². The number of alkyl halides is 1. The number of carbonyl (C=O) groups excluding carboxylic acids is 1. The number of rotatable bonds is 11. The molecule has 168 valence electrons. The second-order valence-corrected chi connectivity index (χ2v) is 8.68. The number of amides is 1. The summed E-state index contributed by atoms with van der Waals surface area (Å²) in [7, 11) is 0. The maximum atomic E-state index is 13.1. The number of aromatic nitrogens is 2. The number of likely N-dealkylation sites (tertiary alicyclic amines) is 1. The number of nitrogens with zero attached hydrogens (tertiary/aromatic N) is 3. The van der Waals surface area contributed by atoms with Crippen LogP contribution >= 0.6 is 0 Å². The lowest BCUT2D eigenvalue weighted by molar-refractivity contribution is -0.137. The highest BCUT2D eigenvalue weighted by Gasteiger charge is 2.27. The lowest BCUT2D eigenvalue weighted by Gasteiger charge is -2.34. The smallest absolute Gasteiger partial charge is 0.348 e. The van der Waals surface area contributed by atoms with Crippen molar-refractivity contribution in [1.29, 1.82) is 0 Å². The molecule has 30 heavy (non-hydrogen) atoms. The molecule has 0 unspecified atom stereocenters. The van der Waals surface area contributed by atoms with Crippen molar-refractivity contribution in [2.45, 2.75) is 65.1 Å². The van der Waals surface area contributed by atoms with Gasteiger partial charge in [0.05, 0.1) is 12.1 Å². The van der Waals surface area contributed by atoms with E-state index in [1.54, 1.807) is 6.20 Å². The monoisotopic (exact) mass is 424 g/mol. The Morgan fingerprint density at radius 3 is 2.50 bits per heavy atom. The van der Waals surface area contributed by atoms with E-state index in [-0.39, 0.29) is 30.7 Å². The van der Waals surface area contributed by atoms with Crippen molar-refractivity contribution in [2.75, 3.05) is 26.2 Å². The largest absolute Gasteiger partial charge is 0.481 e. The fourth-order valence-electron chi connectivity index (χ4n) is 3.61. The first-order valence-corrected chi connectivity index (χ1v) is 10.6. The summed E-state index contributed by atoms with van der Waals surface area (Å²) < 4.78 is 14.5. The molecular formula is C21H33FN4O4. The molecule has 0 radical (unpaired) electrons. The molecular weight excluding hydrogens is 391 g/mol. The van der Waals surface area contributed by atoms with Crippen LogP contribution in [0, 0.1) is 5.92 Å². The summed E-state index contributed by atoms with van der Waals surface area (Å²) in [6.45, 7) is 9.34. The highest BCUT2D eigenvalue weighted by molar-refractivity contribution is 5.80. The minimum absolute atomic E-state index is 0.00122. The van der Waals surface area contributed by atoms with Crippen LogP contribution in [0.3, 0.4) is 0 Å². The van der Waals surface area contributed by atoms with Gasteiger partial charge < -0.3 is 10.4 Å². The number of carboxylic acids is 1. The Morgan fingerprint density at radius 1 is 1.30 bits per heavy atom. The van der Waals surface area contributed by atoms with Gasteiger partial charge in [0.1, 0.15) is 12.2 Å². The first-order chi connectivity index (χ1) is 14.1. The summed E-state index contributed by atoms with van der Waals surface area (Å²) >= 11 is 0. The van der Waals surface area contributed by atoms with Crippen LogP contribution in [0.5, 0.6) is 0 Å². The summed E-state index contributed by atoms with van der Waals surface area (Å²) in [5.74, 6) is -1.21. The van der Waals surface area contributed by atoms with Gasteiger partial charge in [0.25, 0.3) is 0 Å². The number of carboxylic acid groups (broad SMARTS) is 1. The Morgan fingerprint density at radius 2 is 1.97 bits per heavy atom. The number of aliphatic carboxylic acids is 1. The van der Waals surface area contributed by atoms with E-state index in [4.69, 9.17) is 5.11 Å². The zero-order valence-corrected chi connectivity index (χ0v) is 18.2. The van der Waals surface area contributed by atoms with E-state index in [1.807, 2.05) is 32.6 Å². The van der Waals surface area contributed by atoms with Gasteiger partial charge in [-0.3, -0.25) is 19.1 Å². The molecule has 2 rings (SSSR count). The molecule has 1 fully saturated rings. The Hall–Kier alpha value is -2.29. The van der Waals surface area contributed by atoms with Gasteiger partial charge in [-0.1, -0.05) is 27.7 Å². The quantitative estimate of drug-likeness (QED) is 0.561. The van der Waals surface area contributed by atoms with E-state index >= 15 is 0 Å². The second kappa shape index (κ2) is 10.7. The number of halogens is 1. The van der Waals surface area contributed by atoms with Crippen LogP contribution in [0.1, 0.15) is 63.8 Å². The normalized spacial score (nSPS) is 16.0. The SMILES string of the molecule is CC(C)C[C@@H](C(=O)NCCC(=O)O)n1cc(CCN2CC(F)C2)c(C(C)C)nc1=O. The van der Waals surface area contributed by atoms with E-state index in [9.17, 15) is 18.8 Å². The lowest BCUT2D eigenvalue weighted by Crippen LogP contribution is -2.49. The van der Waals surface area contributed by atoms with Crippen LogP contribution in [0.2, 0.25) is 0 Å². The molecule has 0 bridgehead atoms. The molecule has 1 aromatic rings. The molecule has 1 aliphatic rings. The Labute approximate surface area is 176 Å². The minimum Gasteiger partial charge on any atom is -0.481 e. The Balaban J connectivity index is 2.29. The van der Waals surface area contributed by atoms with Crippen LogP contribution in [-0.4, -0.2) is 63.8 Å².